The minimum atomic E-state index is -1.89. The first-order valence-electron chi connectivity index (χ1n) is 12.3. The molecule has 0 unspecified atom stereocenters. The molecule has 0 aromatic heterocycles. The van der Waals surface area contributed by atoms with Crippen LogP contribution in [-0.4, -0.2) is 45.8 Å². The van der Waals surface area contributed by atoms with Crippen molar-refractivity contribution in [2.45, 2.75) is 136 Å². The summed E-state index contributed by atoms with van der Waals surface area (Å²) in [5.74, 6) is 0. The molecule has 0 aromatic rings. The van der Waals surface area contributed by atoms with Gasteiger partial charge in [-0.1, -0.05) is 117 Å². The van der Waals surface area contributed by atoms with Crippen LogP contribution in [-0.2, 0) is 4.57 Å². The van der Waals surface area contributed by atoms with E-state index in [-0.39, 0.29) is 27.3 Å². The topological polar surface area (TPSA) is 17.1 Å². The van der Waals surface area contributed by atoms with Gasteiger partial charge in [-0.2, -0.15) is 0 Å². The van der Waals surface area contributed by atoms with Crippen molar-refractivity contribution < 1.29 is 4.57 Å². The van der Waals surface area contributed by atoms with Gasteiger partial charge in [0, 0.05) is 18.5 Å². The van der Waals surface area contributed by atoms with Crippen LogP contribution in [0.2, 0.25) is 0 Å². The third-order valence-corrected chi connectivity index (χ3v) is 9.15. The fourth-order valence-corrected chi connectivity index (χ4v) is 6.95. The van der Waals surface area contributed by atoms with Gasteiger partial charge in [0.05, 0.1) is 7.14 Å². The third-order valence-electron chi connectivity index (χ3n) is 5.76. The van der Waals surface area contributed by atoms with E-state index in [4.69, 9.17) is 0 Å². The monoisotopic (exact) mass is 596 g/mol. The third kappa shape index (κ3) is 21.7. The van der Waals surface area contributed by atoms with E-state index in [0.717, 1.165) is 18.5 Å². The van der Waals surface area contributed by atoms with Crippen LogP contribution in [0.3, 0.4) is 0 Å². The first-order valence-corrected chi connectivity index (χ1v) is 14.5. The van der Waals surface area contributed by atoms with Gasteiger partial charge in [-0.15, -0.1) is 0 Å². The first-order chi connectivity index (χ1) is 12.7. The molecule has 1 nitrogen and oxygen atoms in total. The molecular weight excluding hydrogens is 542 g/mol. The average Bonchev–Trinajstić information content (AvgIpc) is 2.64. The second kappa shape index (κ2) is 23.4. The van der Waals surface area contributed by atoms with Crippen LogP contribution in [0.4, 0.5) is 0 Å². The molecule has 0 aromatic carbocycles. The van der Waals surface area contributed by atoms with E-state index in [1.54, 1.807) is 0 Å². The molecular formula is C24H53OPPb. The van der Waals surface area contributed by atoms with E-state index < -0.39 is 7.14 Å². The summed E-state index contributed by atoms with van der Waals surface area (Å²) in [7, 11) is -1.89. The molecule has 0 bridgehead atoms. The maximum absolute atomic E-state index is 13.5. The molecule has 0 N–H and O–H groups in total. The van der Waals surface area contributed by atoms with E-state index >= 15 is 0 Å². The van der Waals surface area contributed by atoms with Crippen molar-refractivity contribution in [1.82, 2.24) is 0 Å². The van der Waals surface area contributed by atoms with Gasteiger partial charge in [0.2, 0.25) is 0 Å². The Bertz CT molecular complexity index is 272. The van der Waals surface area contributed by atoms with E-state index in [1.807, 2.05) is 0 Å². The molecule has 0 aliphatic carbocycles. The Morgan fingerprint density at radius 3 is 0.889 bits per heavy atom. The van der Waals surface area contributed by atoms with Crippen molar-refractivity contribution >= 4 is 34.4 Å². The van der Waals surface area contributed by atoms with Gasteiger partial charge in [0.15, 0.2) is 0 Å². The zero-order chi connectivity index (χ0) is 19.3. The van der Waals surface area contributed by atoms with Crippen molar-refractivity contribution in [3.8, 4) is 0 Å². The van der Waals surface area contributed by atoms with Crippen molar-refractivity contribution in [2.24, 2.45) is 0 Å². The molecule has 0 saturated heterocycles. The van der Waals surface area contributed by atoms with Crippen molar-refractivity contribution in [2.75, 3.05) is 18.5 Å². The summed E-state index contributed by atoms with van der Waals surface area (Å²) in [4.78, 5) is 0. The SMILES string of the molecule is CCCCCCCCP(=O)(CCCCCCCC)CCCCCCCC.[PbH2]. The number of unbranched alkanes of at least 4 members (excludes halogenated alkanes) is 15. The molecule has 0 rings (SSSR count). The summed E-state index contributed by atoms with van der Waals surface area (Å²) in [5.41, 5.74) is 0. The van der Waals surface area contributed by atoms with Crippen molar-refractivity contribution in [3.63, 3.8) is 0 Å². The predicted molar refractivity (Wildman–Crippen MR) is 131 cm³/mol. The number of hydrogen-bond acceptors (Lipinski definition) is 1. The molecule has 2 radical (unpaired) electrons. The van der Waals surface area contributed by atoms with Crippen LogP contribution >= 0.6 is 7.14 Å². The second-order valence-corrected chi connectivity index (χ2v) is 12.0. The Morgan fingerprint density at radius 1 is 0.407 bits per heavy atom. The summed E-state index contributed by atoms with van der Waals surface area (Å²) in [6.45, 7) is 6.82. The van der Waals surface area contributed by atoms with Gasteiger partial charge in [0.1, 0.15) is 0 Å². The molecule has 0 atom stereocenters. The fraction of sp³-hybridized carbons (Fsp3) is 1.00. The van der Waals surface area contributed by atoms with E-state index in [9.17, 15) is 4.57 Å². The summed E-state index contributed by atoms with van der Waals surface area (Å²) in [5, 5.41) is 0. The van der Waals surface area contributed by atoms with Gasteiger partial charge in [0.25, 0.3) is 0 Å². The van der Waals surface area contributed by atoms with Crippen LogP contribution in [0.15, 0.2) is 0 Å². The quantitative estimate of drug-likeness (QED) is 0.0739. The van der Waals surface area contributed by atoms with Gasteiger partial charge >= 0.3 is 27.3 Å². The Hall–Kier alpha value is 1.15. The predicted octanol–water partition coefficient (Wildman–Crippen LogP) is 8.51. The molecule has 3 heteroatoms. The summed E-state index contributed by atoms with van der Waals surface area (Å²) in [6, 6.07) is 0. The summed E-state index contributed by atoms with van der Waals surface area (Å²) >= 11 is 0. The number of hydrogen-bond donors (Lipinski definition) is 0. The molecule has 0 saturated carbocycles. The number of rotatable bonds is 21. The Labute approximate surface area is 193 Å². The van der Waals surface area contributed by atoms with Crippen molar-refractivity contribution in [3.05, 3.63) is 0 Å². The first kappa shape index (κ1) is 30.3. The van der Waals surface area contributed by atoms with E-state index in [0.29, 0.717) is 0 Å². The molecule has 164 valence electrons. The van der Waals surface area contributed by atoms with Crippen LogP contribution < -0.4 is 0 Å². The fourth-order valence-electron chi connectivity index (χ4n) is 3.88. The maximum atomic E-state index is 13.5. The van der Waals surface area contributed by atoms with Crippen LogP contribution in [0.1, 0.15) is 136 Å². The molecule has 0 amide bonds. The molecule has 27 heavy (non-hydrogen) atoms. The Kier molecular flexibility index (Phi) is 26.3. The van der Waals surface area contributed by atoms with E-state index in [1.165, 1.54) is 116 Å². The normalized spacial score (nSPS) is 11.5. The summed E-state index contributed by atoms with van der Waals surface area (Å²) in [6.07, 6.45) is 26.9. The second-order valence-electron chi connectivity index (χ2n) is 8.53. The minimum absolute atomic E-state index is 0. The van der Waals surface area contributed by atoms with Crippen molar-refractivity contribution in [1.29, 1.82) is 0 Å². The van der Waals surface area contributed by atoms with Gasteiger partial charge in [-0.05, 0) is 19.3 Å². The Balaban J connectivity index is 0. The Morgan fingerprint density at radius 2 is 0.630 bits per heavy atom. The van der Waals surface area contributed by atoms with Gasteiger partial charge in [-0.3, -0.25) is 0 Å². The standard InChI is InChI=1S/C24H51OP.Pb.2H/c1-4-7-10-13-16-19-22-26(25,23-20-17-14-11-8-5-2)24-21-18-15-12-9-6-3;;;/h4-24H2,1-3H3;;;. The zero-order valence-corrected chi connectivity index (χ0v) is 25.8. The summed E-state index contributed by atoms with van der Waals surface area (Å²) < 4.78 is 13.5. The van der Waals surface area contributed by atoms with Crippen LogP contribution in [0, 0.1) is 0 Å². The van der Waals surface area contributed by atoms with Crippen LogP contribution in [0.5, 0.6) is 0 Å². The molecule has 0 fully saturated rings. The van der Waals surface area contributed by atoms with E-state index in [2.05, 4.69) is 20.8 Å². The molecule has 0 aliphatic heterocycles. The molecule has 0 spiro atoms. The van der Waals surface area contributed by atoms with Crippen LogP contribution in [0.25, 0.3) is 0 Å². The zero-order valence-electron chi connectivity index (χ0n) is 19.4. The van der Waals surface area contributed by atoms with Gasteiger partial charge < -0.3 is 4.57 Å². The average molecular weight is 596 g/mol. The molecule has 0 aliphatic rings. The molecule has 0 heterocycles. The van der Waals surface area contributed by atoms with Gasteiger partial charge in [-0.25, -0.2) is 0 Å².